The maximum Gasteiger partial charge on any atom is 0.176 e. The van der Waals surface area contributed by atoms with E-state index in [4.69, 9.17) is 4.91 Å². The van der Waals surface area contributed by atoms with Crippen molar-refractivity contribution in [3.8, 4) is 0 Å². The van der Waals surface area contributed by atoms with E-state index in [0.29, 0.717) is 6.54 Å². The van der Waals surface area contributed by atoms with Crippen molar-refractivity contribution in [2.75, 3.05) is 6.54 Å². The predicted molar refractivity (Wildman–Crippen MR) is 20.6 cm³/mol. The summed E-state index contributed by atoms with van der Waals surface area (Å²) in [6.45, 7) is 2.39. The SMILES string of the molecule is CCNON=O. The van der Waals surface area contributed by atoms with E-state index in [1.807, 2.05) is 0 Å². The highest BCUT2D eigenvalue weighted by Gasteiger charge is 1.69. The molecular formula is C2H6N2O2. The highest BCUT2D eigenvalue weighted by molar-refractivity contribution is 4.09. The summed E-state index contributed by atoms with van der Waals surface area (Å²) in [7, 11) is 0. The van der Waals surface area contributed by atoms with E-state index in [9.17, 15) is 0 Å². The Hall–Kier alpha value is -0.640. The number of hydrogen-bond acceptors (Lipinski definition) is 4. The van der Waals surface area contributed by atoms with Gasteiger partial charge in [-0.25, -0.2) is 0 Å². The van der Waals surface area contributed by atoms with Crippen molar-refractivity contribution in [3.63, 3.8) is 0 Å². The van der Waals surface area contributed by atoms with E-state index in [1.165, 1.54) is 0 Å². The van der Waals surface area contributed by atoms with E-state index in [0.717, 1.165) is 0 Å². The Morgan fingerprint density at radius 3 is 2.83 bits per heavy atom. The number of rotatable bonds is 3. The van der Waals surface area contributed by atoms with Crippen LogP contribution in [0.5, 0.6) is 0 Å². The summed E-state index contributed by atoms with van der Waals surface area (Å²) in [5.74, 6) is 0. The van der Waals surface area contributed by atoms with Crippen molar-refractivity contribution < 1.29 is 4.94 Å². The molecule has 4 heteroatoms. The van der Waals surface area contributed by atoms with Crippen molar-refractivity contribution in [3.05, 3.63) is 4.91 Å². The molecule has 0 amide bonds. The maximum atomic E-state index is 9.03. The molecular weight excluding hydrogens is 84.0 g/mol. The van der Waals surface area contributed by atoms with Gasteiger partial charge in [0.15, 0.2) is 5.34 Å². The molecule has 6 heavy (non-hydrogen) atoms. The molecule has 0 rings (SSSR count). The fraction of sp³-hybridized carbons (Fsp3) is 1.00. The molecule has 0 aliphatic heterocycles. The lowest BCUT2D eigenvalue weighted by atomic mass is 10.8. The van der Waals surface area contributed by atoms with Gasteiger partial charge in [-0.1, -0.05) is 0 Å². The molecule has 0 aromatic carbocycles. The van der Waals surface area contributed by atoms with Gasteiger partial charge in [-0.2, -0.15) is 0 Å². The van der Waals surface area contributed by atoms with E-state index in [-0.39, 0.29) is 0 Å². The minimum Gasteiger partial charge on any atom is -0.263 e. The van der Waals surface area contributed by atoms with E-state index in [2.05, 4.69) is 15.8 Å². The van der Waals surface area contributed by atoms with Crippen molar-refractivity contribution >= 4 is 0 Å². The van der Waals surface area contributed by atoms with Gasteiger partial charge in [0.25, 0.3) is 0 Å². The lowest BCUT2D eigenvalue weighted by molar-refractivity contribution is 0.0465. The molecule has 0 aromatic rings. The largest absolute Gasteiger partial charge is 0.263 e. The summed E-state index contributed by atoms with van der Waals surface area (Å²) in [4.78, 5) is 12.8. The van der Waals surface area contributed by atoms with Crippen molar-refractivity contribution in [2.24, 2.45) is 5.34 Å². The third kappa shape index (κ3) is 3.36. The van der Waals surface area contributed by atoms with Gasteiger partial charge < -0.3 is 0 Å². The first-order valence-corrected chi connectivity index (χ1v) is 1.63. The lowest BCUT2D eigenvalue weighted by Gasteiger charge is -1.86. The molecule has 0 bridgehead atoms. The number of hydroxylamine groups is 1. The zero-order valence-electron chi connectivity index (χ0n) is 3.47. The molecule has 0 unspecified atom stereocenters. The third-order valence-electron chi connectivity index (χ3n) is 0.246. The van der Waals surface area contributed by atoms with Crippen molar-refractivity contribution in [2.45, 2.75) is 6.92 Å². The van der Waals surface area contributed by atoms with Crippen LogP contribution in [0.25, 0.3) is 0 Å². The third-order valence-corrected chi connectivity index (χ3v) is 0.246. The molecule has 0 fully saturated rings. The molecule has 0 heterocycles. The van der Waals surface area contributed by atoms with Crippen molar-refractivity contribution in [1.82, 2.24) is 5.48 Å². The van der Waals surface area contributed by atoms with Gasteiger partial charge in [-0.15, -0.1) is 10.4 Å². The lowest BCUT2D eigenvalue weighted by Crippen LogP contribution is -2.07. The molecule has 1 N–H and O–H groups in total. The van der Waals surface area contributed by atoms with Crippen molar-refractivity contribution in [1.29, 1.82) is 0 Å². The van der Waals surface area contributed by atoms with E-state index in [1.54, 1.807) is 6.92 Å². The zero-order chi connectivity index (χ0) is 4.83. The van der Waals surface area contributed by atoms with Gasteiger partial charge in [0, 0.05) is 6.54 Å². The average molecular weight is 90.1 g/mol. The second-order valence-corrected chi connectivity index (χ2v) is 0.664. The molecule has 0 aliphatic carbocycles. The fourth-order valence-electron chi connectivity index (χ4n) is 0.0909. The van der Waals surface area contributed by atoms with Crippen LogP contribution in [0, 0.1) is 4.91 Å². The summed E-state index contributed by atoms with van der Waals surface area (Å²) in [5, 5.41) is 2.06. The summed E-state index contributed by atoms with van der Waals surface area (Å²) in [6.07, 6.45) is 0. The van der Waals surface area contributed by atoms with Crippen LogP contribution < -0.4 is 5.48 Å². The van der Waals surface area contributed by atoms with Gasteiger partial charge >= 0.3 is 0 Å². The van der Waals surface area contributed by atoms with Crippen LogP contribution >= 0.6 is 0 Å². The quantitative estimate of drug-likeness (QED) is 0.306. The monoisotopic (exact) mass is 90.0 g/mol. The summed E-state index contributed by atoms with van der Waals surface area (Å²) in [5.41, 5.74) is 2.22. The van der Waals surface area contributed by atoms with Crippen LogP contribution in [0.3, 0.4) is 0 Å². The van der Waals surface area contributed by atoms with Gasteiger partial charge in [-0.3, -0.25) is 4.94 Å². The minimum atomic E-state index is 0.589. The second kappa shape index (κ2) is 4.36. The highest BCUT2D eigenvalue weighted by atomic mass is 16.8. The van der Waals surface area contributed by atoms with E-state index >= 15 is 0 Å². The Balaban J connectivity index is 2.49. The van der Waals surface area contributed by atoms with Crippen LogP contribution in [0.2, 0.25) is 0 Å². The molecule has 4 nitrogen and oxygen atoms in total. The molecule has 0 aromatic heterocycles. The smallest absolute Gasteiger partial charge is 0.176 e. The molecule has 0 radical (unpaired) electrons. The Morgan fingerprint density at radius 2 is 2.67 bits per heavy atom. The maximum absolute atomic E-state index is 9.03. The first-order chi connectivity index (χ1) is 2.91. The van der Waals surface area contributed by atoms with Crippen LogP contribution in [-0.2, 0) is 4.94 Å². The Labute approximate surface area is 35.4 Å². The van der Waals surface area contributed by atoms with Crippen LogP contribution in [0.4, 0.5) is 0 Å². The number of hydrogen-bond donors (Lipinski definition) is 1. The van der Waals surface area contributed by atoms with Gasteiger partial charge in [0.05, 0.1) is 0 Å². The number of nitrogens with zero attached hydrogens (tertiary/aromatic N) is 1. The minimum absolute atomic E-state index is 0.589. The molecule has 0 saturated heterocycles. The summed E-state index contributed by atoms with van der Waals surface area (Å²) in [6, 6.07) is 0. The fourth-order valence-corrected chi connectivity index (χ4v) is 0.0909. The van der Waals surface area contributed by atoms with Gasteiger partial charge in [0.1, 0.15) is 0 Å². The van der Waals surface area contributed by atoms with E-state index < -0.39 is 0 Å². The molecule has 0 spiro atoms. The molecule has 0 saturated carbocycles. The number of nitrogens with one attached hydrogen (secondary N) is 1. The Bertz CT molecular complexity index is 38.5. The predicted octanol–water partition coefficient (Wildman–Crippen LogP) is 0.209. The van der Waals surface area contributed by atoms with Crippen LogP contribution in [0.15, 0.2) is 5.34 Å². The molecule has 0 aliphatic rings. The summed E-state index contributed by atoms with van der Waals surface area (Å²) < 4.78 is 0. The highest BCUT2D eigenvalue weighted by Crippen LogP contribution is 1.59. The molecule has 36 valence electrons. The first kappa shape index (κ1) is 5.36. The second-order valence-electron chi connectivity index (χ2n) is 0.664. The Kier molecular flexibility index (Phi) is 3.89. The molecule has 0 atom stereocenters. The van der Waals surface area contributed by atoms with Gasteiger partial charge in [-0.05, 0) is 6.92 Å². The van der Waals surface area contributed by atoms with Crippen LogP contribution in [0.1, 0.15) is 6.92 Å². The summed E-state index contributed by atoms with van der Waals surface area (Å²) >= 11 is 0. The standard InChI is InChI=1S/C2H6N2O2/c1-2-3-6-4-5/h3H,2H2,1H3. The van der Waals surface area contributed by atoms with Crippen LogP contribution in [-0.4, -0.2) is 6.54 Å². The normalized spacial score (nSPS) is 7.50. The first-order valence-electron chi connectivity index (χ1n) is 1.63. The zero-order valence-corrected chi connectivity index (χ0v) is 3.47. The Morgan fingerprint density at radius 1 is 2.00 bits per heavy atom. The topological polar surface area (TPSA) is 50.7 Å². The average Bonchev–Trinajstić information content (AvgIpc) is 1.61. The van der Waals surface area contributed by atoms with Gasteiger partial charge in [0.2, 0.25) is 0 Å².